The van der Waals surface area contributed by atoms with Gasteiger partial charge in [0.25, 0.3) is 0 Å². The minimum absolute atomic E-state index is 0.490. The first kappa shape index (κ1) is 36.8. The maximum absolute atomic E-state index is 12.1. The molecule has 0 radical (unpaired) electrons. The third-order valence-electron chi connectivity index (χ3n) is 5.86. The molecule has 0 bridgehead atoms. The SMILES string of the molecule is CC(=O)OCC1OC(OCC2OC(Br)C(OC(C)=O)[C@@H](OC(C)=O)C2OC(C)=O)C(OC(C)=O)[C@@H](OC(C)=O)C1OC(C)=O. The van der Waals surface area contributed by atoms with Crippen molar-refractivity contribution in [1.29, 1.82) is 0 Å². The summed E-state index contributed by atoms with van der Waals surface area (Å²) in [5, 5.41) is -1.09. The van der Waals surface area contributed by atoms with Crippen LogP contribution in [0.4, 0.5) is 0 Å². The van der Waals surface area contributed by atoms with Crippen LogP contribution in [0.5, 0.6) is 0 Å². The Balaban J connectivity index is 2.48. The van der Waals surface area contributed by atoms with E-state index in [1.54, 1.807) is 0 Å². The fraction of sp³-hybridized carbons (Fsp3) is 0.731. The quantitative estimate of drug-likeness (QED) is 0.158. The summed E-state index contributed by atoms with van der Waals surface area (Å²) in [5.74, 6) is -5.55. The van der Waals surface area contributed by atoms with Crippen LogP contribution in [0.25, 0.3) is 0 Å². The molecule has 10 atom stereocenters. The van der Waals surface area contributed by atoms with Gasteiger partial charge in [0.05, 0.1) is 6.61 Å². The molecule has 0 saturated carbocycles. The van der Waals surface area contributed by atoms with E-state index in [1.807, 2.05) is 0 Å². The lowest BCUT2D eigenvalue weighted by Crippen LogP contribution is -2.64. The normalized spacial score (nSPS) is 31.5. The highest BCUT2D eigenvalue weighted by Gasteiger charge is 2.55. The second-order valence-electron chi connectivity index (χ2n) is 9.65. The van der Waals surface area contributed by atoms with Gasteiger partial charge in [0.2, 0.25) is 0 Å². The maximum Gasteiger partial charge on any atom is 0.303 e. The highest BCUT2D eigenvalue weighted by Crippen LogP contribution is 2.34. The lowest BCUT2D eigenvalue weighted by Gasteiger charge is -2.45. The minimum Gasteiger partial charge on any atom is -0.463 e. The number of esters is 7. The molecule has 0 aromatic heterocycles. The Hall–Kier alpha value is -3.35. The summed E-state index contributed by atoms with van der Waals surface area (Å²) in [7, 11) is 0. The molecular weight excluding hydrogens is 664 g/mol. The molecule has 2 rings (SSSR count). The van der Waals surface area contributed by atoms with Crippen LogP contribution in [0.3, 0.4) is 0 Å². The summed E-state index contributed by atoms with van der Waals surface area (Å²) in [6, 6.07) is 0. The van der Waals surface area contributed by atoms with Crippen molar-refractivity contribution in [1.82, 2.24) is 0 Å². The van der Waals surface area contributed by atoms with Crippen molar-refractivity contribution in [2.45, 2.75) is 109 Å². The average molecular weight is 699 g/mol. The fourth-order valence-electron chi connectivity index (χ4n) is 4.49. The number of carbonyl (C=O) groups is 7. The summed E-state index contributed by atoms with van der Waals surface area (Å²) in [6.07, 6.45) is -12.5. The second kappa shape index (κ2) is 16.6. The largest absolute Gasteiger partial charge is 0.463 e. The Morgan fingerprint density at radius 2 is 0.841 bits per heavy atom. The lowest BCUT2D eigenvalue weighted by atomic mass is 9.97. The van der Waals surface area contributed by atoms with Crippen LogP contribution in [0.1, 0.15) is 48.5 Å². The van der Waals surface area contributed by atoms with Gasteiger partial charge in [-0.05, 0) is 0 Å². The predicted molar refractivity (Wildman–Crippen MR) is 142 cm³/mol. The van der Waals surface area contributed by atoms with Gasteiger partial charge in [-0.25, -0.2) is 0 Å². The van der Waals surface area contributed by atoms with Gasteiger partial charge in [0.15, 0.2) is 47.9 Å². The molecule has 17 nitrogen and oxygen atoms in total. The zero-order valence-electron chi connectivity index (χ0n) is 25.0. The maximum atomic E-state index is 12.1. The van der Waals surface area contributed by atoms with Gasteiger partial charge in [-0.15, -0.1) is 0 Å². The molecule has 0 aromatic carbocycles. The first-order valence-electron chi connectivity index (χ1n) is 13.2. The Kier molecular flexibility index (Phi) is 13.9. The fourth-order valence-corrected chi connectivity index (χ4v) is 5.17. The van der Waals surface area contributed by atoms with Crippen molar-refractivity contribution in [2.24, 2.45) is 0 Å². The highest BCUT2D eigenvalue weighted by molar-refractivity contribution is 9.09. The summed E-state index contributed by atoms with van der Waals surface area (Å²) >= 11 is 3.23. The number of rotatable bonds is 11. The summed E-state index contributed by atoms with van der Waals surface area (Å²) < 4.78 is 54.8. The van der Waals surface area contributed by atoms with Crippen LogP contribution in [0.2, 0.25) is 0 Å². The van der Waals surface area contributed by atoms with E-state index in [2.05, 4.69) is 15.9 Å². The van der Waals surface area contributed by atoms with Crippen LogP contribution in [0.15, 0.2) is 0 Å². The summed E-state index contributed by atoms with van der Waals surface area (Å²) in [5.41, 5.74) is 0. The molecule has 2 heterocycles. The van der Waals surface area contributed by atoms with Crippen LogP contribution in [0, 0.1) is 0 Å². The van der Waals surface area contributed by atoms with Crippen molar-refractivity contribution in [3.63, 3.8) is 0 Å². The van der Waals surface area contributed by atoms with Gasteiger partial charge in [0, 0.05) is 48.5 Å². The van der Waals surface area contributed by atoms with E-state index in [0.29, 0.717) is 0 Å². The number of carbonyl (C=O) groups excluding carboxylic acids is 7. The predicted octanol–water partition coefficient (Wildman–Crippen LogP) is 0.00100. The van der Waals surface area contributed by atoms with E-state index in [4.69, 9.17) is 47.4 Å². The van der Waals surface area contributed by atoms with Gasteiger partial charge in [0.1, 0.15) is 18.8 Å². The van der Waals surface area contributed by atoms with Crippen molar-refractivity contribution < 1.29 is 80.9 Å². The summed E-state index contributed by atoms with van der Waals surface area (Å²) in [6.45, 7) is 6.61. The average Bonchev–Trinajstić information content (AvgIpc) is 2.87. The topological polar surface area (TPSA) is 212 Å². The van der Waals surface area contributed by atoms with Gasteiger partial charge < -0.3 is 47.4 Å². The smallest absolute Gasteiger partial charge is 0.303 e. The Morgan fingerprint density at radius 3 is 1.27 bits per heavy atom. The van der Waals surface area contributed by atoms with E-state index < -0.39 is 115 Å². The van der Waals surface area contributed by atoms with E-state index >= 15 is 0 Å². The number of halogens is 1. The van der Waals surface area contributed by atoms with Crippen molar-refractivity contribution in [3.05, 3.63) is 0 Å². The summed E-state index contributed by atoms with van der Waals surface area (Å²) in [4.78, 5) is 83.3. The molecule has 0 spiro atoms. The lowest BCUT2D eigenvalue weighted by molar-refractivity contribution is -0.317. The van der Waals surface area contributed by atoms with E-state index in [0.717, 1.165) is 48.5 Å². The van der Waals surface area contributed by atoms with Gasteiger partial charge >= 0.3 is 41.8 Å². The number of hydrogen-bond acceptors (Lipinski definition) is 17. The minimum atomic E-state index is -1.58. The molecule has 0 N–H and O–H groups in total. The second-order valence-corrected chi connectivity index (χ2v) is 10.6. The van der Waals surface area contributed by atoms with Crippen LogP contribution >= 0.6 is 15.9 Å². The molecule has 8 unspecified atom stereocenters. The highest BCUT2D eigenvalue weighted by atomic mass is 79.9. The third-order valence-corrected chi connectivity index (χ3v) is 6.59. The molecule has 2 fully saturated rings. The third kappa shape index (κ3) is 11.0. The molecule has 2 aliphatic heterocycles. The molecular formula is C26H35BrO17. The Labute approximate surface area is 260 Å². The van der Waals surface area contributed by atoms with Gasteiger partial charge in [-0.3, -0.25) is 33.6 Å². The van der Waals surface area contributed by atoms with E-state index in [9.17, 15) is 33.6 Å². The Bertz CT molecular complexity index is 1090. The van der Waals surface area contributed by atoms with Gasteiger partial charge in [-0.1, -0.05) is 15.9 Å². The molecule has 2 aliphatic rings. The molecule has 2 saturated heterocycles. The zero-order chi connectivity index (χ0) is 33.3. The Morgan fingerprint density at radius 1 is 0.477 bits per heavy atom. The molecule has 248 valence electrons. The van der Waals surface area contributed by atoms with Crippen molar-refractivity contribution >= 4 is 57.7 Å². The standard InChI is InChI=1S/C26H35BrO17/c1-10(28)35-8-18-20(38-12(3)30)22(40-14(5)32)24(42-16(7)34)26(44-18)36-9-17-19(37-11(2)29)21(39-13(4)31)23(25(27)43-17)41-15(6)33/h17-26H,8-9H2,1-7H3/t17?,18?,19?,20?,21-,22-,23?,24?,25?,26?/m0/s1. The number of hydrogen-bond donors (Lipinski definition) is 0. The molecule has 44 heavy (non-hydrogen) atoms. The van der Waals surface area contributed by atoms with Crippen LogP contribution in [-0.4, -0.2) is 115 Å². The molecule has 0 amide bonds. The van der Waals surface area contributed by atoms with Crippen LogP contribution < -0.4 is 0 Å². The van der Waals surface area contributed by atoms with Crippen molar-refractivity contribution in [3.8, 4) is 0 Å². The van der Waals surface area contributed by atoms with Crippen molar-refractivity contribution in [2.75, 3.05) is 13.2 Å². The number of alkyl halides is 1. The van der Waals surface area contributed by atoms with E-state index in [1.165, 1.54) is 0 Å². The first-order chi connectivity index (χ1) is 20.5. The zero-order valence-corrected chi connectivity index (χ0v) is 26.6. The van der Waals surface area contributed by atoms with E-state index in [-0.39, 0.29) is 0 Å². The number of ether oxygens (including phenoxy) is 10. The monoisotopic (exact) mass is 698 g/mol. The molecule has 0 aromatic rings. The first-order valence-corrected chi connectivity index (χ1v) is 14.1. The molecule has 18 heteroatoms. The molecule has 0 aliphatic carbocycles. The van der Waals surface area contributed by atoms with Gasteiger partial charge in [-0.2, -0.15) is 0 Å². The van der Waals surface area contributed by atoms with Crippen LogP contribution in [-0.2, 0) is 80.9 Å².